The number of halogens is 4. The van der Waals surface area contributed by atoms with Crippen LogP contribution in [0.5, 0.6) is 5.88 Å². The van der Waals surface area contributed by atoms with Crippen molar-refractivity contribution in [2.75, 3.05) is 19.4 Å². The van der Waals surface area contributed by atoms with E-state index in [1.54, 1.807) is 31.2 Å². The minimum atomic E-state index is -4.72. The van der Waals surface area contributed by atoms with E-state index in [4.69, 9.17) is 22.1 Å². The summed E-state index contributed by atoms with van der Waals surface area (Å²) in [4.78, 5) is 21.0. The molecule has 1 amide bonds. The molecule has 0 spiro atoms. The normalized spacial score (nSPS) is 12.5. The van der Waals surface area contributed by atoms with Gasteiger partial charge < -0.3 is 20.9 Å². The van der Waals surface area contributed by atoms with Crippen LogP contribution in [0.15, 0.2) is 42.7 Å². The van der Waals surface area contributed by atoms with Crippen molar-refractivity contribution in [1.29, 1.82) is 0 Å². The summed E-state index contributed by atoms with van der Waals surface area (Å²) in [5.41, 5.74) is 5.50. The van der Waals surface area contributed by atoms with E-state index in [0.717, 1.165) is 16.9 Å². The molecule has 3 aromatic heterocycles. The summed E-state index contributed by atoms with van der Waals surface area (Å²) in [5.74, 6) is -0.937. The number of carbonyl (C=O) groups excluding carboxylic acids is 1. The number of nitrogen functional groups attached to an aromatic ring is 1. The number of alkyl halides is 3. The second-order valence-electron chi connectivity index (χ2n) is 8.14. The monoisotopic (exact) mass is 534 g/mol. The highest BCUT2D eigenvalue weighted by atomic mass is 35.5. The number of nitrogens with two attached hydrogens (primary N) is 1. The van der Waals surface area contributed by atoms with Crippen LogP contribution in [0.4, 0.5) is 19.0 Å². The third-order valence-corrected chi connectivity index (χ3v) is 5.99. The maximum Gasteiger partial charge on any atom is 0.418 e. The van der Waals surface area contributed by atoms with Crippen molar-refractivity contribution in [3.8, 4) is 17.1 Å². The number of nitrogens with one attached hydrogen (secondary N) is 1. The maximum atomic E-state index is 13.7. The van der Waals surface area contributed by atoms with Crippen molar-refractivity contribution >= 4 is 28.8 Å². The number of rotatable bonds is 7. The highest BCUT2D eigenvalue weighted by Gasteiger charge is 2.37. The summed E-state index contributed by atoms with van der Waals surface area (Å²) >= 11 is 5.86. The van der Waals surface area contributed by atoms with Crippen molar-refractivity contribution in [3.63, 3.8) is 0 Å². The Bertz CT molecular complexity index is 1460. The van der Waals surface area contributed by atoms with Gasteiger partial charge in [-0.3, -0.25) is 4.79 Å². The zero-order valence-corrected chi connectivity index (χ0v) is 20.4. The van der Waals surface area contributed by atoms with Crippen LogP contribution >= 0.6 is 11.6 Å². The second-order valence-corrected chi connectivity index (χ2v) is 8.57. The first-order valence-corrected chi connectivity index (χ1v) is 11.4. The Kier molecular flexibility index (Phi) is 7.23. The van der Waals surface area contributed by atoms with Crippen LogP contribution in [0.2, 0.25) is 5.02 Å². The van der Waals surface area contributed by atoms with Gasteiger partial charge in [0.15, 0.2) is 5.82 Å². The summed E-state index contributed by atoms with van der Waals surface area (Å²) in [6.45, 7) is 1.67. The lowest BCUT2D eigenvalue weighted by Crippen LogP contribution is -2.26. The number of benzene rings is 1. The van der Waals surface area contributed by atoms with E-state index >= 15 is 0 Å². The zero-order chi connectivity index (χ0) is 26.9. The largest absolute Gasteiger partial charge is 0.480 e. The van der Waals surface area contributed by atoms with Crippen molar-refractivity contribution in [1.82, 2.24) is 24.9 Å². The van der Waals surface area contributed by atoms with Crippen LogP contribution in [0.1, 0.15) is 39.7 Å². The molecule has 0 radical (unpaired) electrons. The first kappa shape index (κ1) is 26.2. The van der Waals surface area contributed by atoms with Crippen molar-refractivity contribution in [2.45, 2.75) is 25.6 Å². The van der Waals surface area contributed by atoms with Crippen molar-refractivity contribution in [3.05, 3.63) is 70.1 Å². The molecule has 4 aromatic rings. The van der Waals surface area contributed by atoms with E-state index in [0.29, 0.717) is 16.3 Å². The Morgan fingerprint density at radius 2 is 1.97 bits per heavy atom. The Morgan fingerprint density at radius 1 is 1.27 bits per heavy atom. The fourth-order valence-corrected chi connectivity index (χ4v) is 4.03. The number of carbonyl (C=O) groups is 1. The predicted octanol–water partition coefficient (Wildman–Crippen LogP) is 4.22. The summed E-state index contributed by atoms with van der Waals surface area (Å²) in [6.07, 6.45) is -4.32. The fourth-order valence-electron chi connectivity index (χ4n) is 3.91. The molecule has 0 aliphatic carbocycles. The number of methoxy groups -OCH3 is 1. The molecule has 194 valence electrons. The molecule has 37 heavy (non-hydrogen) atoms. The first-order chi connectivity index (χ1) is 17.5. The van der Waals surface area contributed by atoms with E-state index in [1.807, 2.05) is 0 Å². The number of pyridine rings is 1. The smallest absolute Gasteiger partial charge is 0.418 e. The molecule has 1 aromatic carbocycles. The average molecular weight is 535 g/mol. The quantitative estimate of drug-likeness (QED) is 0.324. The maximum absolute atomic E-state index is 13.7. The third kappa shape index (κ3) is 5.30. The molecule has 4 N–H and O–H groups in total. The molecule has 0 bridgehead atoms. The number of fused-ring (bicyclic) bond motifs is 1. The zero-order valence-electron chi connectivity index (χ0n) is 19.7. The standard InChI is InChI=1S/C24H22ClF3N6O3/c1-12-15(18-10-17(24(26,27)28)20-21(29)31-11-32-34(18)20)9-16(23(33-12)37-2)22(36)30-8-7-19(35)13-3-5-14(25)6-4-13/h3-6,9-11,19,35H,7-8H2,1-2H3,(H,30,36)(H2,29,31,32)/t19-/m1/s1. The van der Waals surface area contributed by atoms with Gasteiger partial charge in [-0.2, -0.15) is 18.3 Å². The number of anilines is 1. The number of aliphatic hydroxyl groups is 1. The van der Waals surface area contributed by atoms with Crippen LogP contribution in [0.3, 0.4) is 0 Å². The highest BCUT2D eigenvalue weighted by Crippen LogP contribution is 2.39. The Balaban J connectivity index is 1.65. The van der Waals surface area contributed by atoms with Gasteiger partial charge in [-0.15, -0.1) is 0 Å². The van der Waals surface area contributed by atoms with Gasteiger partial charge in [-0.1, -0.05) is 23.7 Å². The number of ether oxygens (including phenoxy) is 1. The molecule has 4 rings (SSSR count). The van der Waals surface area contributed by atoms with Crippen LogP contribution in [0.25, 0.3) is 16.8 Å². The lowest BCUT2D eigenvalue weighted by atomic mass is 10.1. The molecule has 0 unspecified atom stereocenters. The Labute approximate surface area is 214 Å². The highest BCUT2D eigenvalue weighted by molar-refractivity contribution is 6.30. The molecule has 0 aliphatic rings. The molecule has 0 saturated carbocycles. The molecule has 0 saturated heterocycles. The number of aromatic nitrogens is 4. The summed E-state index contributed by atoms with van der Waals surface area (Å²) in [6, 6.07) is 8.93. The van der Waals surface area contributed by atoms with E-state index in [2.05, 4.69) is 20.4 Å². The van der Waals surface area contributed by atoms with E-state index in [-0.39, 0.29) is 41.5 Å². The van der Waals surface area contributed by atoms with Crippen LogP contribution in [0, 0.1) is 6.92 Å². The van der Waals surface area contributed by atoms with Crippen molar-refractivity contribution < 1.29 is 27.8 Å². The summed E-state index contributed by atoms with van der Waals surface area (Å²) in [7, 11) is 1.32. The minimum Gasteiger partial charge on any atom is -0.480 e. The Morgan fingerprint density at radius 3 is 2.62 bits per heavy atom. The van der Waals surface area contributed by atoms with Crippen LogP contribution < -0.4 is 15.8 Å². The van der Waals surface area contributed by atoms with Gasteiger partial charge in [0.05, 0.1) is 30.2 Å². The van der Waals surface area contributed by atoms with Gasteiger partial charge in [0.1, 0.15) is 17.4 Å². The minimum absolute atomic E-state index is 0.00498. The Hall–Kier alpha value is -3.90. The molecular formula is C24H22ClF3N6O3. The summed E-state index contributed by atoms with van der Waals surface area (Å²) < 4.78 is 47.5. The van der Waals surface area contributed by atoms with E-state index in [1.165, 1.54) is 13.2 Å². The van der Waals surface area contributed by atoms with Gasteiger partial charge in [-0.05, 0) is 43.2 Å². The van der Waals surface area contributed by atoms with Gasteiger partial charge in [0.25, 0.3) is 5.91 Å². The lowest BCUT2D eigenvalue weighted by molar-refractivity contribution is -0.136. The fraction of sp³-hybridized carbons (Fsp3) is 0.250. The molecule has 9 nitrogen and oxygen atoms in total. The SMILES string of the molecule is COc1nc(C)c(-c2cc(C(F)(F)F)c3c(N)ncnn23)cc1C(=O)NCC[C@@H](O)c1ccc(Cl)cc1. The number of nitrogens with zero attached hydrogens (tertiary/aromatic N) is 4. The molecule has 3 heterocycles. The first-order valence-electron chi connectivity index (χ1n) is 11.0. The van der Waals surface area contributed by atoms with Gasteiger partial charge >= 0.3 is 6.18 Å². The van der Waals surface area contributed by atoms with E-state index in [9.17, 15) is 23.1 Å². The van der Waals surface area contributed by atoms with Crippen LogP contribution in [-0.2, 0) is 6.18 Å². The van der Waals surface area contributed by atoms with Gasteiger partial charge in [0, 0.05) is 17.1 Å². The molecule has 13 heteroatoms. The number of aryl methyl sites for hydroxylation is 1. The van der Waals surface area contributed by atoms with Gasteiger partial charge in [0.2, 0.25) is 5.88 Å². The third-order valence-electron chi connectivity index (χ3n) is 5.74. The van der Waals surface area contributed by atoms with Crippen LogP contribution in [-0.4, -0.2) is 44.3 Å². The van der Waals surface area contributed by atoms with E-state index < -0.39 is 29.3 Å². The van der Waals surface area contributed by atoms with Crippen molar-refractivity contribution in [2.24, 2.45) is 0 Å². The average Bonchev–Trinajstić information content (AvgIpc) is 3.25. The number of hydrogen-bond acceptors (Lipinski definition) is 7. The lowest BCUT2D eigenvalue weighted by Gasteiger charge is -2.14. The topological polar surface area (TPSA) is 128 Å². The summed E-state index contributed by atoms with van der Waals surface area (Å²) in [5, 5.41) is 17.5. The molecule has 0 fully saturated rings. The number of amides is 1. The molecule has 0 aliphatic heterocycles. The number of aliphatic hydroxyl groups excluding tert-OH is 1. The molecular weight excluding hydrogens is 513 g/mol. The van der Waals surface area contributed by atoms with Gasteiger partial charge in [-0.25, -0.2) is 14.5 Å². The second kappa shape index (κ2) is 10.2. The molecule has 1 atom stereocenters. The predicted molar refractivity (Wildman–Crippen MR) is 130 cm³/mol. The number of hydrogen-bond donors (Lipinski definition) is 3.